The zero-order valence-electron chi connectivity index (χ0n) is 6.39. The van der Waals surface area contributed by atoms with Gasteiger partial charge in [-0.3, -0.25) is 5.01 Å². The van der Waals surface area contributed by atoms with Crippen LogP contribution in [0.15, 0.2) is 16.9 Å². The first-order chi connectivity index (χ1) is 4.26. The van der Waals surface area contributed by atoms with Crippen LogP contribution >= 0.6 is 0 Å². The van der Waals surface area contributed by atoms with Gasteiger partial charge in [-0.25, -0.2) is 0 Å². The lowest BCUT2D eigenvalue weighted by atomic mass is 10.3. The molecule has 0 saturated heterocycles. The van der Waals surface area contributed by atoms with Crippen molar-refractivity contribution in [3.8, 4) is 0 Å². The van der Waals surface area contributed by atoms with Crippen molar-refractivity contribution in [2.75, 3.05) is 7.05 Å². The lowest BCUT2D eigenvalue weighted by Gasteiger charge is -2.13. The molecule has 0 aliphatic carbocycles. The Balaban J connectivity index is 3.95. The third-order valence-electron chi connectivity index (χ3n) is 1.32. The highest BCUT2D eigenvalue weighted by Crippen LogP contribution is 2.04. The molecule has 0 bridgehead atoms. The number of hydrogen-bond donors (Lipinski definition) is 0. The van der Waals surface area contributed by atoms with Gasteiger partial charge in [-0.2, -0.15) is 5.10 Å². The molecule has 0 aliphatic heterocycles. The summed E-state index contributed by atoms with van der Waals surface area (Å²) in [5.74, 6) is 0. The molecule has 52 valence electrons. The predicted octanol–water partition coefficient (Wildman–Crippen LogP) is 1.85. The van der Waals surface area contributed by atoms with Crippen molar-refractivity contribution < 1.29 is 0 Å². The second kappa shape index (κ2) is 4.13. The smallest absolute Gasteiger partial charge is 0.0319 e. The van der Waals surface area contributed by atoms with E-state index in [0.29, 0.717) is 0 Å². The fourth-order valence-corrected chi connectivity index (χ4v) is 0.711. The van der Waals surface area contributed by atoms with E-state index in [4.69, 9.17) is 0 Å². The summed E-state index contributed by atoms with van der Waals surface area (Å²) in [6.45, 7) is 7.51. The fraction of sp³-hybridized carbons (Fsp3) is 0.571. The largest absolute Gasteiger partial charge is 0.274 e. The molecular weight excluding hydrogens is 112 g/mol. The number of allylic oxidation sites excluding steroid dienone is 2. The molecule has 9 heavy (non-hydrogen) atoms. The van der Waals surface area contributed by atoms with E-state index in [1.54, 1.807) is 5.01 Å². The molecule has 0 saturated carbocycles. The number of nitrogens with zero attached hydrogens (tertiary/aromatic N) is 2. The van der Waals surface area contributed by atoms with Crippen molar-refractivity contribution in [2.45, 2.75) is 20.3 Å². The molecule has 0 unspecified atom stereocenters. The van der Waals surface area contributed by atoms with E-state index < -0.39 is 0 Å². The van der Waals surface area contributed by atoms with Crippen molar-refractivity contribution in [1.82, 2.24) is 5.01 Å². The molecule has 2 heteroatoms. The van der Waals surface area contributed by atoms with E-state index in [9.17, 15) is 0 Å². The number of hydrazone groups is 1. The zero-order valence-corrected chi connectivity index (χ0v) is 6.39. The van der Waals surface area contributed by atoms with Gasteiger partial charge in [0.2, 0.25) is 0 Å². The van der Waals surface area contributed by atoms with E-state index in [-0.39, 0.29) is 0 Å². The monoisotopic (exact) mass is 126 g/mol. The first kappa shape index (κ1) is 8.21. The Morgan fingerprint density at radius 3 is 2.44 bits per heavy atom. The fourth-order valence-electron chi connectivity index (χ4n) is 0.711. The SMILES string of the molecule is C=NN(C)/C(=C\C)CC. The maximum atomic E-state index is 3.75. The van der Waals surface area contributed by atoms with E-state index >= 15 is 0 Å². The minimum atomic E-state index is 1.01. The average molecular weight is 126 g/mol. The summed E-state index contributed by atoms with van der Waals surface area (Å²) in [5.41, 5.74) is 1.20. The predicted molar refractivity (Wildman–Crippen MR) is 41.4 cm³/mol. The second-order valence-corrected chi connectivity index (χ2v) is 1.80. The molecule has 0 rings (SSSR count). The minimum absolute atomic E-state index is 1.01. The van der Waals surface area contributed by atoms with Crippen LogP contribution in [0.25, 0.3) is 0 Å². The third-order valence-corrected chi connectivity index (χ3v) is 1.32. The molecule has 0 aromatic heterocycles. The molecule has 0 aromatic carbocycles. The lowest BCUT2D eigenvalue weighted by Crippen LogP contribution is -2.08. The normalized spacial score (nSPS) is 11.2. The van der Waals surface area contributed by atoms with Crippen molar-refractivity contribution in [2.24, 2.45) is 5.10 Å². The summed E-state index contributed by atoms with van der Waals surface area (Å²) >= 11 is 0. The Bertz CT molecular complexity index is 116. The highest BCUT2D eigenvalue weighted by molar-refractivity contribution is 5.23. The highest BCUT2D eigenvalue weighted by Gasteiger charge is 1.94. The average Bonchev–Trinajstić information content (AvgIpc) is 1.90. The molecule has 0 amide bonds. The Hall–Kier alpha value is -0.790. The molecule has 2 nitrogen and oxygen atoms in total. The molecular formula is C7H14N2. The van der Waals surface area contributed by atoms with Crippen molar-refractivity contribution >= 4 is 6.72 Å². The summed E-state index contributed by atoms with van der Waals surface area (Å²) in [4.78, 5) is 0. The van der Waals surface area contributed by atoms with Gasteiger partial charge in [-0.05, 0) is 13.3 Å². The highest BCUT2D eigenvalue weighted by atomic mass is 15.4. The quantitative estimate of drug-likeness (QED) is 0.416. The molecule has 0 heterocycles. The standard InChI is InChI=1S/C7H14N2/c1-5-7(6-2)9(4)8-3/h5H,3,6H2,1-2,4H3/b7-5-. The Labute approximate surface area is 56.9 Å². The van der Waals surface area contributed by atoms with Crippen molar-refractivity contribution in [3.63, 3.8) is 0 Å². The van der Waals surface area contributed by atoms with Gasteiger partial charge in [-0.1, -0.05) is 13.0 Å². The summed E-state index contributed by atoms with van der Waals surface area (Å²) in [5, 5.41) is 5.52. The minimum Gasteiger partial charge on any atom is -0.274 e. The van der Waals surface area contributed by atoms with E-state index in [1.165, 1.54) is 5.70 Å². The maximum absolute atomic E-state index is 3.75. The van der Waals surface area contributed by atoms with Crippen LogP contribution in [0.1, 0.15) is 20.3 Å². The second-order valence-electron chi connectivity index (χ2n) is 1.80. The Morgan fingerprint density at radius 1 is 1.78 bits per heavy atom. The summed E-state index contributed by atoms with van der Waals surface area (Å²) in [6.07, 6.45) is 3.04. The van der Waals surface area contributed by atoms with Crippen molar-refractivity contribution in [3.05, 3.63) is 11.8 Å². The van der Waals surface area contributed by atoms with Crippen molar-refractivity contribution in [1.29, 1.82) is 0 Å². The van der Waals surface area contributed by atoms with Gasteiger partial charge in [-0.15, -0.1) is 0 Å². The third kappa shape index (κ3) is 2.31. The van der Waals surface area contributed by atoms with E-state index in [0.717, 1.165) is 6.42 Å². The van der Waals surface area contributed by atoms with Crippen LogP contribution in [0.3, 0.4) is 0 Å². The molecule has 0 aromatic rings. The summed E-state index contributed by atoms with van der Waals surface area (Å²) in [7, 11) is 1.89. The van der Waals surface area contributed by atoms with Crippen LogP contribution in [0.5, 0.6) is 0 Å². The molecule has 0 spiro atoms. The summed E-state index contributed by atoms with van der Waals surface area (Å²) < 4.78 is 0. The van der Waals surface area contributed by atoms with Gasteiger partial charge < -0.3 is 0 Å². The first-order valence-corrected chi connectivity index (χ1v) is 3.11. The van der Waals surface area contributed by atoms with E-state index in [1.807, 2.05) is 20.0 Å². The van der Waals surface area contributed by atoms with Gasteiger partial charge in [0, 0.05) is 19.5 Å². The van der Waals surface area contributed by atoms with Gasteiger partial charge in [0.05, 0.1) is 0 Å². The molecule has 0 atom stereocenters. The van der Waals surface area contributed by atoms with Crippen LogP contribution in [-0.4, -0.2) is 18.8 Å². The first-order valence-electron chi connectivity index (χ1n) is 3.11. The Kier molecular flexibility index (Phi) is 3.76. The van der Waals surface area contributed by atoms with Gasteiger partial charge in [0.15, 0.2) is 0 Å². The molecule has 0 radical (unpaired) electrons. The van der Waals surface area contributed by atoms with E-state index in [2.05, 4.69) is 18.7 Å². The molecule has 0 N–H and O–H groups in total. The van der Waals surface area contributed by atoms with Gasteiger partial charge in [0.1, 0.15) is 0 Å². The van der Waals surface area contributed by atoms with Crippen LogP contribution in [0, 0.1) is 0 Å². The topological polar surface area (TPSA) is 15.6 Å². The molecule has 0 aliphatic rings. The molecule has 0 fully saturated rings. The van der Waals surface area contributed by atoms with Gasteiger partial charge >= 0.3 is 0 Å². The Morgan fingerprint density at radius 2 is 2.33 bits per heavy atom. The zero-order chi connectivity index (χ0) is 7.28. The van der Waals surface area contributed by atoms with Crippen LogP contribution in [0.4, 0.5) is 0 Å². The maximum Gasteiger partial charge on any atom is 0.0319 e. The van der Waals surface area contributed by atoms with Gasteiger partial charge in [0.25, 0.3) is 0 Å². The number of hydrogen-bond acceptors (Lipinski definition) is 2. The van der Waals surface area contributed by atoms with Crippen LogP contribution in [0.2, 0.25) is 0 Å². The number of rotatable bonds is 3. The lowest BCUT2D eigenvalue weighted by molar-refractivity contribution is 0.435. The summed E-state index contributed by atoms with van der Waals surface area (Å²) in [6, 6.07) is 0. The van der Waals surface area contributed by atoms with Crippen LogP contribution in [-0.2, 0) is 0 Å². The van der Waals surface area contributed by atoms with Crippen LogP contribution < -0.4 is 0 Å².